The second kappa shape index (κ2) is 10.4. The minimum atomic E-state index is -4.37. The smallest absolute Gasteiger partial charge is 0.357 e. The van der Waals surface area contributed by atoms with Crippen LogP contribution in [0.5, 0.6) is 0 Å². The van der Waals surface area contributed by atoms with E-state index in [-0.39, 0.29) is 34.7 Å². The first-order valence-corrected chi connectivity index (χ1v) is 10.3. The van der Waals surface area contributed by atoms with Gasteiger partial charge in [0.05, 0.1) is 18.7 Å². The van der Waals surface area contributed by atoms with Crippen LogP contribution in [-0.4, -0.2) is 20.9 Å². The number of rotatable bonds is 6. The molecule has 6 nitrogen and oxygen atoms in total. The number of nitrogens with two attached hydrogens (primary N) is 1. The van der Waals surface area contributed by atoms with Gasteiger partial charge in [-0.2, -0.15) is 13.2 Å². The molecule has 0 saturated carbocycles. The molecule has 0 atom stereocenters. The molecule has 0 fully saturated rings. The Morgan fingerprint density at radius 3 is 2.29 bits per heavy atom. The number of hydrogen-bond acceptors (Lipinski definition) is 4. The second-order valence-electron chi connectivity index (χ2n) is 5.51. The molecule has 4 N–H and O–H groups in total. The van der Waals surface area contributed by atoms with E-state index in [4.69, 9.17) is 5.14 Å². The Balaban J connectivity index is 0.00000392. The van der Waals surface area contributed by atoms with E-state index in [1.165, 1.54) is 18.2 Å². The Morgan fingerprint density at radius 1 is 1.14 bits per heavy atom. The maximum atomic E-state index is 12.6. The number of thiophene rings is 1. The summed E-state index contributed by atoms with van der Waals surface area (Å²) >= 11 is 1.05. The van der Waals surface area contributed by atoms with Crippen molar-refractivity contribution in [2.24, 2.45) is 10.1 Å². The molecule has 28 heavy (non-hydrogen) atoms. The van der Waals surface area contributed by atoms with Gasteiger partial charge in [0.15, 0.2) is 5.96 Å². The molecule has 1 aromatic carbocycles. The highest BCUT2D eigenvalue weighted by Crippen LogP contribution is 2.29. The third-order valence-electron chi connectivity index (χ3n) is 3.39. The fourth-order valence-corrected chi connectivity index (χ4v) is 3.81. The zero-order chi connectivity index (χ0) is 20.1. The SMILES string of the molecule is CCNC(=NCc1ccc(C(F)(F)F)cc1)NCc1ccc(S(N)(=O)=O)s1.I. The molecule has 0 bridgehead atoms. The lowest BCUT2D eigenvalue weighted by atomic mass is 10.1. The minimum Gasteiger partial charge on any atom is -0.357 e. The molecule has 2 rings (SSSR count). The van der Waals surface area contributed by atoms with Crippen LogP contribution in [-0.2, 0) is 29.3 Å². The molecule has 156 valence electrons. The van der Waals surface area contributed by atoms with Crippen molar-refractivity contribution in [3.63, 3.8) is 0 Å². The molecule has 0 unspecified atom stereocenters. The first-order chi connectivity index (χ1) is 12.6. The number of primary sulfonamides is 1. The van der Waals surface area contributed by atoms with Crippen molar-refractivity contribution in [3.05, 3.63) is 52.4 Å². The lowest BCUT2D eigenvalue weighted by Crippen LogP contribution is -2.36. The van der Waals surface area contributed by atoms with Crippen LogP contribution in [0.3, 0.4) is 0 Å². The molecular weight excluding hydrogens is 528 g/mol. The average molecular weight is 548 g/mol. The van der Waals surface area contributed by atoms with Crippen LogP contribution in [0.1, 0.15) is 22.9 Å². The summed E-state index contributed by atoms with van der Waals surface area (Å²) in [4.78, 5) is 5.07. The number of benzene rings is 1. The van der Waals surface area contributed by atoms with E-state index in [0.29, 0.717) is 24.6 Å². The Hall–Kier alpha value is -1.38. The third kappa shape index (κ3) is 7.56. The summed E-state index contributed by atoms with van der Waals surface area (Å²) in [6, 6.07) is 7.89. The Bertz CT molecular complexity index is 897. The summed E-state index contributed by atoms with van der Waals surface area (Å²) < 4.78 is 60.4. The van der Waals surface area contributed by atoms with Crippen LogP contribution in [0.15, 0.2) is 45.6 Å². The van der Waals surface area contributed by atoms with E-state index in [1.54, 1.807) is 6.07 Å². The van der Waals surface area contributed by atoms with Crippen molar-refractivity contribution in [1.82, 2.24) is 10.6 Å². The normalized spacial score (nSPS) is 12.4. The molecule has 0 spiro atoms. The zero-order valence-electron chi connectivity index (χ0n) is 14.8. The maximum Gasteiger partial charge on any atom is 0.416 e. The van der Waals surface area contributed by atoms with Crippen LogP contribution in [0.25, 0.3) is 0 Å². The largest absolute Gasteiger partial charge is 0.416 e. The first-order valence-electron chi connectivity index (χ1n) is 7.89. The molecule has 0 aliphatic carbocycles. The predicted molar refractivity (Wildman–Crippen MR) is 114 cm³/mol. The molecule has 1 aromatic heterocycles. The number of aliphatic imine (C=N–C) groups is 1. The van der Waals surface area contributed by atoms with Crippen LogP contribution in [0.2, 0.25) is 0 Å². The highest BCUT2D eigenvalue weighted by atomic mass is 127. The molecule has 2 aromatic rings. The third-order valence-corrected chi connectivity index (χ3v) is 5.92. The highest BCUT2D eigenvalue weighted by Gasteiger charge is 2.29. The van der Waals surface area contributed by atoms with Gasteiger partial charge in [-0.25, -0.2) is 18.5 Å². The Labute approximate surface area is 182 Å². The lowest BCUT2D eigenvalue weighted by molar-refractivity contribution is -0.137. The van der Waals surface area contributed by atoms with E-state index in [9.17, 15) is 21.6 Å². The van der Waals surface area contributed by atoms with Crippen LogP contribution in [0, 0.1) is 0 Å². The summed E-state index contributed by atoms with van der Waals surface area (Å²) in [6.07, 6.45) is -4.37. The van der Waals surface area contributed by atoms with Crippen molar-refractivity contribution < 1.29 is 21.6 Å². The minimum absolute atomic E-state index is 0. The number of guanidine groups is 1. The molecule has 12 heteroatoms. The number of nitrogens with zero attached hydrogens (tertiary/aromatic N) is 1. The van der Waals surface area contributed by atoms with Crippen LogP contribution >= 0.6 is 35.3 Å². The highest BCUT2D eigenvalue weighted by molar-refractivity contribution is 14.0. The zero-order valence-corrected chi connectivity index (χ0v) is 18.7. The summed E-state index contributed by atoms with van der Waals surface area (Å²) in [5.41, 5.74) is -0.0727. The molecular formula is C16H20F3IN4O2S2. The van der Waals surface area contributed by atoms with Crippen LogP contribution < -0.4 is 15.8 Å². The number of nitrogens with one attached hydrogen (secondary N) is 2. The standard InChI is InChI=1S/C16H19F3N4O2S2.HI/c1-2-21-15(23-10-13-7-8-14(26-13)27(20,24)25)22-9-11-3-5-12(6-4-11)16(17,18)19;/h3-8H,2,9-10H2,1H3,(H2,20,24,25)(H2,21,22,23);1H. The molecule has 0 radical (unpaired) electrons. The fraction of sp³-hybridized carbons (Fsp3) is 0.312. The van der Waals surface area contributed by atoms with Gasteiger partial charge in [0.2, 0.25) is 10.0 Å². The number of sulfonamides is 1. The molecule has 0 aliphatic rings. The quantitative estimate of drug-likeness (QED) is 0.294. The Morgan fingerprint density at radius 2 is 1.79 bits per heavy atom. The molecule has 0 amide bonds. The maximum absolute atomic E-state index is 12.6. The van der Waals surface area contributed by atoms with Gasteiger partial charge >= 0.3 is 6.18 Å². The Kier molecular flexibility index (Phi) is 9.17. The van der Waals surface area contributed by atoms with Gasteiger partial charge in [-0.3, -0.25) is 0 Å². The fourth-order valence-electron chi connectivity index (χ4n) is 2.09. The summed E-state index contributed by atoms with van der Waals surface area (Å²) in [7, 11) is -3.73. The van der Waals surface area contributed by atoms with Crippen molar-refractivity contribution in [1.29, 1.82) is 0 Å². The molecule has 0 aliphatic heterocycles. The van der Waals surface area contributed by atoms with E-state index in [0.717, 1.165) is 28.3 Å². The molecule has 0 saturated heterocycles. The average Bonchev–Trinajstić information content (AvgIpc) is 3.06. The molecule has 1 heterocycles. The van der Waals surface area contributed by atoms with Gasteiger partial charge in [0, 0.05) is 11.4 Å². The van der Waals surface area contributed by atoms with Crippen molar-refractivity contribution >= 4 is 51.3 Å². The van der Waals surface area contributed by atoms with Crippen molar-refractivity contribution in [3.8, 4) is 0 Å². The number of alkyl halides is 3. The number of hydrogen-bond donors (Lipinski definition) is 3. The monoisotopic (exact) mass is 548 g/mol. The summed E-state index contributed by atoms with van der Waals surface area (Å²) in [6.45, 7) is 2.99. The van der Waals surface area contributed by atoms with Crippen molar-refractivity contribution in [2.45, 2.75) is 30.4 Å². The lowest BCUT2D eigenvalue weighted by Gasteiger charge is -2.11. The van der Waals surface area contributed by atoms with E-state index >= 15 is 0 Å². The van der Waals surface area contributed by atoms with Gasteiger partial charge in [0.25, 0.3) is 0 Å². The van der Waals surface area contributed by atoms with E-state index in [1.807, 2.05) is 6.92 Å². The topological polar surface area (TPSA) is 96.6 Å². The van der Waals surface area contributed by atoms with Gasteiger partial charge in [0.1, 0.15) is 4.21 Å². The van der Waals surface area contributed by atoms with Gasteiger partial charge in [-0.15, -0.1) is 35.3 Å². The number of halogens is 4. The van der Waals surface area contributed by atoms with Gasteiger partial charge in [-0.1, -0.05) is 12.1 Å². The first kappa shape index (κ1) is 24.7. The van der Waals surface area contributed by atoms with Gasteiger partial charge < -0.3 is 10.6 Å². The van der Waals surface area contributed by atoms with Crippen LogP contribution in [0.4, 0.5) is 13.2 Å². The second-order valence-corrected chi connectivity index (χ2v) is 8.47. The summed E-state index contributed by atoms with van der Waals surface area (Å²) in [5.74, 6) is 0.461. The van der Waals surface area contributed by atoms with Crippen molar-refractivity contribution in [2.75, 3.05) is 6.54 Å². The van der Waals surface area contributed by atoms with E-state index in [2.05, 4.69) is 15.6 Å². The van der Waals surface area contributed by atoms with Gasteiger partial charge in [-0.05, 0) is 36.8 Å². The predicted octanol–water partition coefficient (Wildman–Crippen LogP) is 3.29. The van der Waals surface area contributed by atoms with E-state index < -0.39 is 21.8 Å². The summed E-state index contributed by atoms with van der Waals surface area (Å²) in [5, 5.41) is 11.1.